The van der Waals surface area contributed by atoms with Gasteiger partial charge in [-0.1, -0.05) is 245 Å². The molecule has 0 saturated carbocycles. The monoisotopic (exact) mass is 1020 g/mol. The maximum atomic E-state index is 12.9. The van der Waals surface area contributed by atoms with Gasteiger partial charge < -0.3 is 14.2 Å². The van der Waals surface area contributed by atoms with Crippen LogP contribution in [0.3, 0.4) is 0 Å². The molecular formula is C68H112O6. The lowest BCUT2D eigenvalue weighted by molar-refractivity contribution is -0.167. The molecule has 0 rings (SSSR count). The predicted octanol–water partition coefficient (Wildman–Crippen LogP) is 20.8. The highest BCUT2D eigenvalue weighted by Crippen LogP contribution is 2.15. The summed E-state index contributed by atoms with van der Waals surface area (Å²) in [5.74, 6) is -0.933. The van der Waals surface area contributed by atoms with Crippen molar-refractivity contribution in [1.82, 2.24) is 0 Å². The largest absolute Gasteiger partial charge is 0.462 e. The fourth-order valence-corrected chi connectivity index (χ4v) is 8.16. The van der Waals surface area contributed by atoms with E-state index in [1.165, 1.54) is 89.9 Å². The second kappa shape index (κ2) is 61.4. The van der Waals surface area contributed by atoms with Crippen LogP contribution in [0.1, 0.15) is 271 Å². The summed E-state index contributed by atoms with van der Waals surface area (Å²) in [7, 11) is 0. The van der Waals surface area contributed by atoms with Crippen molar-refractivity contribution in [3.63, 3.8) is 0 Å². The van der Waals surface area contributed by atoms with Crippen LogP contribution >= 0.6 is 0 Å². The third kappa shape index (κ3) is 58.7. The summed E-state index contributed by atoms with van der Waals surface area (Å²) in [4.78, 5) is 38.3. The number of carbonyl (C=O) groups is 3. The molecule has 0 aliphatic carbocycles. The first-order valence-electron chi connectivity index (χ1n) is 30.5. The number of unbranched alkanes of at least 4 members (excludes halogenated alkanes) is 23. The van der Waals surface area contributed by atoms with E-state index in [1.54, 1.807) is 0 Å². The van der Waals surface area contributed by atoms with E-state index in [4.69, 9.17) is 14.2 Å². The Balaban J connectivity index is 4.46. The number of esters is 3. The van der Waals surface area contributed by atoms with E-state index in [9.17, 15) is 14.4 Å². The van der Waals surface area contributed by atoms with Crippen LogP contribution in [-0.2, 0) is 28.6 Å². The first-order valence-corrected chi connectivity index (χ1v) is 30.5. The second-order valence-electron chi connectivity index (χ2n) is 19.8. The zero-order chi connectivity index (χ0) is 53.6. The van der Waals surface area contributed by atoms with Crippen LogP contribution in [0.25, 0.3) is 0 Å². The lowest BCUT2D eigenvalue weighted by Gasteiger charge is -2.18. The second-order valence-corrected chi connectivity index (χ2v) is 19.8. The maximum absolute atomic E-state index is 12.9. The average molecular weight is 1030 g/mol. The molecule has 0 amide bonds. The highest BCUT2D eigenvalue weighted by molar-refractivity contribution is 5.71. The maximum Gasteiger partial charge on any atom is 0.306 e. The average Bonchev–Trinajstić information content (AvgIpc) is 3.40. The Kier molecular flexibility index (Phi) is 57.9. The number of hydrogen-bond acceptors (Lipinski definition) is 6. The van der Waals surface area contributed by atoms with Crippen LogP contribution < -0.4 is 0 Å². The van der Waals surface area contributed by atoms with E-state index in [0.717, 1.165) is 141 Å². The molecule has 6 nitrogen and oxygen atoms in total. The van der Waals surface area contributed by atoms with Crippen molar-refractivity contribution in [2.24, 2.45) is 0 Å². The molecule has 0 radical (unpaired) electrons. The Bertz CT molecular complexity index is 1550. The summed E-state index contributed by atoms with van der Waals surface area (Å²) in [6.45, 7) is 6.37. The van der Waals surface area contributed by atoms with E-state index < -0.39 is 6.10 Å². The minimum atomic E-state index is -0.801. The fourth-order valence-electron chi connectivity index (χ4n) is 8.16. The summed E-state index contributed by atoms with van der Waals surface area (Å²) in [5, 5.41) is 0. The summed E-state index contributed by atoms with van der Waals surface area (Å²) in [6, 6.07) is 0. The van der Waals surface area contributed by atoms with Crippen LogP contribution in [0, 0.1) is 0 Å². The van der Waals surface area contributed by atoms with E-state index in [2.05, 4.69) is 142 Å². The third-order valence-corrected chi connectivity index (χ3v) is 12.7. The number of hydrogen-bond donors (Lipinski definition) is 0. The zero-order valence-corrected chi connectivity index (χ0v) is 48.1. The van der Waals surface area contributed by atoms with Crippen molar-refractivity contribution < 1.29 is 28.6 Å². The molecule has 0 aliphatic rings. The van der Waals surface area contributed by atoms with Gasteiger partial charge in [0.25, 0.3) is 0 Å². The van der Waals surface area contributed by atoms with Gasteiger partial charge in [0.2, 0.25) is 0 Å². The van der Waals surface area contributed by atoms with Gasteiger partial charge in [0, 0.05) is 19.3 Å². The van der Waals surface area contributed by atoms with Gasteiger partial charge in [-0.2, -0.15) is 0 Å². The van der Waals surface area contributed by atoms with E-state index in [1.807, 2.05) is 0 Å². The van der Waals surface area contributed by atoms with E-state index in [0.29, 0.717) is 19.3 Å². The molecule has 0 heterocycles. The normalized spacial score (nSPS) is 13.0. The SMILES string of the molecule is CC/C=C\C/C=C\C/C=C\C/C=C\CCCCCCCCCCC(=O)OCC(COC(=O)CCCCCC/C=C\C/C=C\C/C=C\C/C=C\CC)OC(=O)CCCCCCCCC/C=C\C/C=C\CCCCCC. The predicted molar refractivity (Wildman–Crippen MR) is 320 cm³/mol. The molecule has 0 bridgehead atoms. The number of ether oxygens (including phenoxy) is 3. The lowest BCUT2D eigenvalue weighted by atomic mass is 10.1. The van der Waals surface area contributed by atoms with Gasteiger partial charge in [0.15, 0.2) is 6.10 Å². The van der Waals surface area contributed by atoms with Crippen molar-refractivity contribution in [3.8, 4) is 0 Å². The van der Waals surface area contributed by atoms with Gasteiger partial charge in [-0.15, -0.1) is 0 Å². The molecule has 74 heavy (non-hydrogen) atoms. The Labute approximate surface area is 456 Å². The molecule has 0 saturated heterocycles. The van der Waals surface area contributed by atoms with Crippen molar-refractivity contribution in [1.29, 1.82) is 0 Å². The van der Waals surface area contributed by atoms with Crippen LogP contribution in [0.2, 0.25) is 0 Å². The summed E-state index contributed by atoms with van der Waals surface area (Å²) < 4.78 is 16.9. The van der Waals surface area contributed by atoms with Gasteiger partial charge >= 0.3 is 17.9 Å². The van der Waals surface area contributed by atoms with Crippen molar-refractivity contribution >= 4 is 17.9 Å². The number of allylic oxidation sites excluding steroid dienone is 20. The third-order valence-electron chi connectivity index (χ3n) is 12.7. The van der Waals surface area contributed by atoms with Crippen LogP contribution in [-0.4, -0.2) is 37.2 Å². The first kappa shape index (κ1) is 69.8. The number of carbonyl (C=O) groups excluding carboxylic acids is 3. The molecule has 420 valence electrons. The molecule has 0 aromatic rings. The van der Waals surface area contributed by atoms with Crippen molar-refractivity contribution in [2.45, 2.75) is 277 Å². The Hall–Kier alpha value is -4.19. The molecule has 0 N–H and O–H groups in total. The molecular weight excluding hydrogens is 913 g/mol. The molecule has 1 atom stereocenters. The standard InChI is InChI=1S/C68H112O6/c1-4-7-10-13-16-19-22-25-28-31-33-34-35-38-40-43-46-49-52-55-58-61-67(70)73-64-65(63-72-66(69)60-57-54-51-48-45-42-39-36-30-27-24-21-18-15-12-9-6-3)74-68(71)62-59-56-53-50-47-44-41-37-32-29-26-23-20-17-14-11-8-5-2/h7,9-10,12,16,18-21,23,25,27-30,32-34,39,42,65H,4-6,8,11,13-15,17,22,24,26,31,35-38,40-41,43-64H2,1-3H3/b10-7-,12-9-,19-16-,21-18-,23-20-,28-25-,30-27-,32-29-,34-33-,42-39-. The number of rotatable bonds is 54. The summed E-state index contributed by atoms with van der Waals surface area (Å²) >= 11 is 0. The molecule has 1 unspecified atom stereocenters. The van der Waals surface area contributed by atoms with Gasteiger partial charge in [-0.05, 0) is 128 Å². The minimum Gasteiger partial charge on any atom is -0.462 e. The molecule has 0 fully saturated rings. The Morgan fingerprint density at radius 1 is 0.284 bits per heavy atom. The molecule has 6 heteroatoms. The van der Waals surface area contributed by atoms with Crippen LogP contribution in [0.4, 0.5) is 0 Å². The van der Waals surface area contributed by atoms with Gasteiger partial charge in [0.1, 0.15) is 13.2 Å². The quantitative estimate of drug-likeness (QED) is 0.0261. The molecule has 0 aromatic carbocycles. The molecule has 0 aromatic heterocycles. The van der Waals surface area contributed by atoms with Crippen molar-refractivity contribution in [3.05, 3.63) is 122 Å². The molecule has 0 spiro atoms. The lowest BCUT2D eigenvalue weighted by Crippen LogP contribution is -2.30. The van der Waals surface area contributed by atoms with Gasteiger partial charge in [0.05, 0.1) is 0 Å². The first-order chi connectivity index (χ1) is 36.5. The highest BCUT2D eigenvalue weighted by Gasteiger charge is 2.19. The fraction of sp³-hybridized carbons (Fsp3) is 0.662. The highest BCUT2D eigenvalue weighted by atomic mass is 16.6. The van der Waals surface area contributed by atoms with E-state index in [-0.39, 0.29) is 31.1 Å². The van der Waals surface area contributed by atoms with Crippen molar-refractivity contribution in [2.75, 3.05) is 13.2 Å². The summed E-state index contributed by atoms with van der Waals surface area (Å²) in [6.07, 6.45) is 84.7. The van der Waals surface area contributed by atoms with Crippen LogP contribution in [0.15, 0.2) is 122 Å². The van der Waals surface area contributed by atoms with Gasteiger partial charge in [-0.3, -0.25) is 14.4 Å². The smallest absolute Gasteiger partial charge is 0.306 e. The summed E-state index contributed by atoms with van der Waals surface area (Å²) in [5.41, 5.74) is 0. The molecule has 0 aliphatic heterocycles. The van der Waals surface area contributed by atoms with Crippen LogP contribution in [0.5, 0.6) is 0 Å². The Morgan fingerprint density at radius 3 is 0.824 bits per heavy atom. The zero-order valence-electron chi connectivity index (χ0n) is 48.1. The minimum absolute atomic E-state index is 0.0962. The topological polar surface area (TPSA) is 78.9 Å². The van der Waals surface area contributed by atoms with Gasteiger partial charge in [-0.25, -0.2) is 0 Å². The Morgan fingerprint density at radius 2 is 0.527 bits per heavy atom. The van der Waals surface area contributed by atoms with E-state index >= 15 is 0 Å².